The van der Waals surface area contributed by atoms with Gasteiger partial charge < -0.3 is 14.5 Å². The molecule has 2 aromatic heterocycles. The molecule has 0 bridgehead atoms. The first-order valence-electron chi connectivity index (χ1n) is 6.10. The van der Waals surface area contributed by atoms with Crippen LogP contribution < -0.4 is 5.32 Å². The monoisotopic (exact) mass is 231 g/mol. The summed E-state index contributed by atoms with van der Waals surface area (Å²) < 4.78 is 4.29. The third kappa shape index (κ3) is 2.74. The van der Waals surface area contributed by atoms with E-state index in [9.17, 15) is 0 Å². The Morgan fingerprint density at radius 2 is 2.18 bits per heavy atom. The molecule has 17 heavy (non-hydrogen) atoms. The van der Waals surface area contributed by atoms with Crippen molar-refractivity contribution in [2.45, 2.75) is 38.5 Å². The number of aromatic nitrogens is 4. The molecule has 3 rings (SSSR count). The summed E-state index contributed by atoms with van der Waals surface area (Å²) >= 11 is 0. The topological polar surface area (TPSA) is 47.7 Å². The fourth-order valence-electron chi connectivity index (χ4n) is 1.88. The Balaban J connectivity index is 1.56. The van der Waals surface area contributed by atoms with Crippen molar-refractivity contribution in [1.82, 2.24) is 24.4 Å². The Kier molecular flexibility index (Phi) is 2.92. The van der Waals surface area contributed by atoms with Crippen molar-refractivity contribution in [2.24, 2.45) is 0 Å². The normalized spacial score (nSPS) is 15.3. The molecule has 0 saturated heterocycles. The standard InChI is InChI=1S/C12H17N5/c1-2-11(1)15-8-12-7-14-10-17(12)6-5-16-4-3-13-9-16/h3-4,7,9-11,15H,1-2,5-6,8H2. The molecule has 0 unspecified atom stereocenters. The maximum atomic E-state index is 4.22. The van der Waals surface area contributed by atoms with Gasteiger partial charge in [0.05, 0.1) is 18.3 Å². The van der Waals surface area contributed by atoms with Gasteiger partial charge in [-0.05, 0) is 12.8 Å². The Bertz CT molecular complexity index is 455. The summed E-state index contributed by atoms with van der Waals surface area (Å²) in [5, 5.41) is 3.51. The number of rotatable bonds is 6. The van der Waals surface area contributed by atoms with Crippen LogP contribution >= 0.6 is 0 Å². The van der Waals surface area contributed by atoms with Gasteiger partial charge in [-0.3, -0.25) is 0 Å². The van der Waals surface area contributed by atoms with E-state index in [2.05, 4.69) is 24.4 Å². The van der Waals surface area contributed by atoms with Crippen LogP contribution in [0.2, 0.25) is 0 Å². The van der Waals surface area contributed by atoms with Crippen LogP contribution in [0.4, 0.5) is 0 Å². The molecule has 1 aliphatic rings. The molecular weight excluding hydrogens is 214 g/mol. The van der Waals surface area contributed by atoms with E-state index in [1.165, 1.54) is 18.5 Å². The molecule has 0 aromatic carbocycles. The molecule has 0 amide bonds. The van der Waals surface area contributed by atoms with E-state index in [-0.39, 0.29) is 0 Å². The van der Waals surface area contributed by atoms with Crippen molar-refractivity contribution in [3.8, 4) is 0 Å². The van der Waals surface area contributed by atoms with Gasteiger partial charge in [0, 0.05) is 44.3 Å². The van der Waals surface area contributed by atoms with E-state index in [4.69, 9.17) is 0 Å². The zero-order chi connectivity index (χ0) is 11.5. The lowest BCUT2D eigenvalue weighted by Gasteiger charge is -2.09. The van der Waals surface area contributed by atoms with Crippen LogP contribution in [0.15, 0.2) is 31.2 Å². The minimum Gasteiger partial charge on any atom is -0.336 e. The molecule has 0 aliphatic heterocycles. The molecule has 5 nitrogen and oxygen atoms in total. The van der Waals surface area contributed by atoms with Crippen molar-refractivity contribution in [3.05, 3.63) is 36.9 Å². The average molecular weight is 231 g/mol. The molecule has 0 atom stereocenters. The van der Waals surface area contributed by atoms with Crippen molar-refractivity contribution in [1.29, 1.82) is 0 Å². The van der Waals surface area contributed by atoms with Crippen LogP contribution in [0.25, 0.3) is 0 Å². The van der Waals surface area contributed by atoms with E-state index in [0.717, 1.165) is 25.7 Å². The summed E-state index contributed by atoms with van der Waals surface area (Å²) in [6, 6.07) is 0.743. The van der Waals surface area contributed by atoms with E-state index in [1.54, 1.807) is 0 Å². The summed E-state index contributed by atoms with van der Waals surface area (Å²) in [7, 11) is 0. The molecule has 1 aliphatic carbocycles. The van der Waals surface area contributed by atoms with Gasteiger partial charge in [0.25, 0.3) is 0 Å². The average Bonchev–Trinajstić information content (AvgIpc) is 2.86. The number of imidazole rings is 2. The summed E-state index contributed by atoms with van der Waals surface area (Å²) in [6.45, 7) is 2.80. The Hall–Kier alpha value is -1.62. The summed E-state index contributed by atoms with van der Waals surface area (Å²) in [5.74, 6) is 0. The first-order valence-corrected chi connectivity index (χ1v) is 6.10. The number of aryl methyl sites for hydroxylation is 2. The number of hydrogen-bond acceptors (Lipinski definition) is 3. The van der Waals surface area contributed by atoms with E-state index in [1.807, 2.05) is 31.2 Å². The minimum absolute atomic E-state index is 0.743. The van der Waals surface area contributed by atoms with Crippen LogP contribution in [-0.4, -0.2) is 25.1 Å². The highest BCUT2D eigenvalue weighted by Gasteiger charge is 2.20. The van der Waals surface area contributed by atoms with Gasteiger partial charge in [-0.1, -0.05) is 0 Å². The van der Waals surface area contributed by atoms with Gasteiger partial charge in [-0.25, -0.2) is 9.97 Å². The quantitative estimate of drug-likeness (QED) is 0.808. The van der Waals surface area contributed by atoms with E-state index < -0.39 is 0 Å². The molecule has 0 radical (unpaired) electrons. The first kappa shape index (κ1) is 10.5. The zero-order valence-corrected chi connectivity index (χ0v) is 9.79. The third-order valence-corrected chi connectivity index (χ3v) is 3.11. The van der Waals surface area contributed by atoms with Crippen molar-refractivity contribution in [2.75, 3.05) is 0 Å². The third-order valence-electron chi connectivity index (χ3n) is 3.11. The predicted molar refractivity (Wildman–Crippen MR) is 64.3 cm³/mol. The molecule has 5 heteroatoms. The lowest BCUT2D eigenvalue weighted by molar-refractivity contribution is 0.546. The van der Waals surface area contributed by atoms with Crippen molar-refractivity contribution < 1.29 is 0 Å². The summed E-state index contributed by atoms with van der Waals surface area (Å²) in [4.78, 5) is 8.26. The van der Waals surface area contributed by atoms with Gasteiger partial charge in [-0.15, -0.1) is 0 Å². The molecule has 2 aromatic rings. The first-order chi connectivity index (χ1) is 8.42. The maximum absolute atomic E-state index is 4.22. The molecule has 2 heterocycles. The highest BCUT2D eigenvalue weighted by Crippen LogP contribution is 2.19. The molecule has 0 spiro atoms. The number of hydrogen-bond donors (Lipinski definition) is 1. The zero-order valence-electron chi connectivity index (χ0n) is 9.79. The Morgan fingerprint density at radius 1 is 1.24 bits per heavy atom. The van der Waals surface area contributed by atoms with E-state index in [0.29, 0.717) is 0 Å². The smallest absolute Gasteiger partial charge is 0.0949 e. The van der Waals surface area contributed by atoms with Crippen molar-refractivity contribution >= 4 is 0 Å². The number of nitrogens with zero attached hydrogens (tertiary/aromatic N) is 4. The lowest BCUT2D eigenvalue weighted by Crippen LogP contribution is -2.18. The van der Waals surface area contributed by atoms with Gasteiger partial charge in [0.1, 0.15) is 0 Å². The second-order valence-electron chi connectivity index (χ2n) is 4.53. The lowest BCUT2D eigenvalue weighted by atomic mass is 10.4. The molecular formula is C12H17N5. The largest absolute Gasteiger partial charge is 0.336 e. The maximum Gasteiger partial charge on any atom is 0.0949 e. The van der Waals surface area contributed by atoms with Crippen LogP contribution in [0.5, 0.6) is 0 Å². The van der Waals surface area contributed by atoms with Crippen LogP contribution in [0.1, 0.15) is 18.5 Å². The highest BCUT2D eigenvalue weighted by atomic mass is 15.1. The van der Waals surface area contributed by atoms with Crippen LogP contribution in [0.3, 0.4) is 0 Å². The van der Waals surface area contributed by atoms with Crippen LogP contribution in [-0.2, 0) is 19.6 Å². The van der Waals surface area contributed by atoms with Crippen molar-refractivity contribution in [3.63, 3.8) is 0 Å². The summed E-state index contributed by atoms with van der Waals surface area (Å²) in [5.41, 5.74) is 1.26. The fourth-order valence-corrected chi connectivity index (χ4v) is 1.88. The predicted octanol–water partition coefficient (Wildman–Crippen LogP) is 1.03. The second kappa shape index (κ2) is 4.71. The molecule has 1 N–H and O–H groups in total. The molecule has 1 saturated carbocycles. The van der Waals surface area contributed by atoms with Gasteiger partial charge in [0.2, 0.25) is 0 Å². The second-order valence-corrected chi connectivity index (χ2v) is 4.53. The summed E-state index contributed by atoms with van der Waals surface area (Å²) in [6.07, 6.45) is 12.1. The number of nitrogens with one attached hydrogen (secondary N) is 1. The SMILES string of the molecule is c1cn(CCn2cncc2CNC2CC2)cn1. The molecule has 1 fully saturated rings. The van der Waals surface area contributed by atoms with Gasteiger partial charge in [0.15, 0.2) is 0 Å². The Labute approximate surface area is 100 Å². The van der Waals surface area contributed by atoms with Crippen LogP contribution in [0, 0.1) is 0 Å². The van der Waals surface area contributed by atoms with E-state index >= 15 is 0 Å². The van der Waals surface area contributed by atoms with Gasteiger partial charge in [-0.2, -0.15) is 0 Å². The fraction of sp³-hybridized carbons (Fsp3) is 0.500. The highest BCUT2D eigenvalue weighted by molar-refractivity contribution is 4.99. The van der Waals surface area contributed by atoms with Gasteiger partial charge >= 0.3 is 0 Å². The Morgan fingerprint density at radius 3 is 2.94 bits per heavy atom. The minimum atomic E-state index is 0.743. The molecule has 90 valence electrons.